The Bertz CT molecular complexity index is 756. The number of nitrogens with one attached hydrogen (secondary N) is 1. The second kappa shape index (κ2) is 9.45. The summed E-state index contributed by atoms with van der Waals surface area (Å²) in [5.74, 6) is 1.83. The van der Waals surface area contributed by atoms with Gasteiger partial charge in [0, 0.05) is 0 Å². The summed E-state index contributed by atoms with van der Waals surface area (Å²) in [6.45, 7) is 10.3. The van der Waals surface area contributed by atoms with E-state index in [4.69, 9.17) is 9.47 Å². The minimum Gasteiger partial charge on any atom is -0.496 e. The number of amides is 1. The Morgan fingerprint density at radius 2 is 1.74 bits per heavy atom. The van der Waals surface area contributed by atoms with Gasteiger partial charge in [-0.2, -0.15) is 0 Å². The smallest absolute Gasteiger partial charge is 0.261 e. The second-order valence-electron chi connectivity index (χ2n) is 7.16. The summed E-state index contributed by atoms with van der Waals surface area (Å²) in [5, 5.41) is 3.11. The highest BCUT2D eigenvalue weighted by Crippen LogP contribution is 2.32. The lowest BCUT2D eigenvalue weighted by Crippen LogP contribution is -2.39. The van der Waals surface area contributed by atoms with E-state index >= 15 is 0 Å². The quantitative estimate of drug-likeness (QED) is 0.699. The van der Waals surface area contributed by atoms with Gasteiger partial charge >= 0.3 is 0 Å². The molecule has 146 valence electrons. The van der Waals surface area contributed by atoms with Gasteiger partial charge in [-0.05, 0) is 67.1 Å². The maximum absolute atomic E-state index is 12.8. The fourth-order valence-electron chi connectivity index (χ4n) is 3.18. The molecule has 0 radical (unpaired) electrons. The van der Waals surface area contributed by atoms with Crippen molar-refractivity contribution in [3.63, 3.8) is 0 Å². The van der Waals surface area contributed by atoms with Crippen molar-refractivity contribution in [1.82, 2.24) is 5.32 Å². The van der Waals surface area contributed by atoms with E-state index in [1.165, 1.54) is 0 Å². The maximum atomic E-state index is 12.8. The average Bonchev–Trinajstić information content (AvgIpc) is 2.65. The number of hydrogen-bond acceptors (Lipinski definition) is 3. The van der Waals surface area contributed by atoms with Crippen LogP contribution < -0.4 is 14.8 Å². The van der Waals surface area contributed by atoms with E-state index < -0.39 is 6.10 Å². The molecule has 2 aromatic rings. The molecule has 2 rings (SSSR count). The molecule has 4 heteroatoms. The summed E-state index contributed by atoms with van der Waals surface area (Å²) in [6.07, 6.45) is 0.0877. The molecule has 2 atom stereocenters. The third-order valence-electron chi connectivity index (χ3n) is 4.75. The molecular formula is C23H31NO3. The number of benzene rings is 2. The number of para-hydroxylation sites is 1. The van der Waals surface area contributed by atoms with E-state index in [9.17, 15) is 4.79 Å². The Morgan fingerprint density at radius 3 is 2.30 bits per heavy atom. The lowest BCUT2D eigenvalue weighted by Gasteiger charge is -2.23. The lowest BCUT2D eigenvalue weighted by atomic mass is 9.93. The van der Waals surface area contributed by atoms with Crippen LogP contribution in [-0.2, 0) is 4.79 Å². The zero-order chi connectivity index (χ0) is 20.0. The van der Waals surface area contributed by atoms with Crippen molar-refractivity contribution >= 4 is 5.91 Å². The van der Waals surface area contributed by atoms with Crippen LogP contribution in [0.15, 0.2) is 42.5 Å². The monoisotopic (exact) mass is 369 g/mol. The van der Waals surface area contributed by atoms with Gasteiger partial charge in [-0.15, -0.1) is 0 Å². The normalized spacial score (nSPS) is 13.1. The zero-order valence-corrected chi connectivity index (χ0v) is 17.2. The summed E-state index contributed by atoms with van der Waals surface area (Å²) >= 11 is 0. The molecule has 1 N–H and O–H groups in total. The minimum atomic E-state index is -0.516. The van der Waals surface area contributed by atoms with Gasteiger partial charge in [-0.25, -0.2) is 0 Å². The van der Waals surface area contributed by atoms with E-state index in [0.717, 1.165) is 22.4 Å². The van der Waals surface area contributed by atoms with Gasteiger partial charge in [0.05, 0.1) is 13.2 Å². The number of carbonyl (C=O) groups excluding carboxylic acids is 1. The van der Waals surface area contributed by atoms with Crippen molar-refractivity contribution in [2.24, 2.45) is 0 Å². The summed E-state index contributed by atoms with van der Waals surface area (Å²) in [5.41, 5.74) is 3.34. The van der Waals surface area contributed by atoms with Crippen molar-refractivity contribution in [2.45, 2.75) is 59.1 Å². The van der Waals surface area contributed by atoms with Gasteiger partial charge in [0.25, 0.3) is 5.91 Å². The SMILES string of the molecule is CC[C@H](Oc1ccccc1)C(=O)N[C@@H](C)c1cc(C(C)C)c(OC)cc1C. The minimum absolute atomic E-state index is 0.102. The van der Waals surface area contributed by atoms with Gasteiger partial charge < -0.3 is 14.8 Å². The highest BCUT2D eigenvalue weighted by Gasteiger charge is 2.22. The first-order valence-electron chi connectivity index (χ1n) is 9.57. The van der Waals surface area contributed by atoms with Crippen LogP contribution >= 0.6 is 0 Å². The topological polar surface area (TPSA) is 47.6 Å². The molecule has 0 fully saturated rings. The zero-order valence-electron chi connectivity index (χ0n) is 17.2. The molecule has 4 nitrogen and oxygen atoms in total. The molecule has 0 aliphatic carbocycles. The third-order valence-corrected chi connectivity index (χ3v) is 4.75. The number of aryl methyl sites for hydroxylation is 1. The van der Waals surface area contributed by atoms with Gasteiger partial charge in [0.15, 0.2) is 6.10 Å². The molecule has 2 aromatic carbocycles. The number of rotatable bonds is 8. The largest absolute Gasteiger partial charge is 0.496 e. The Balaban J connectivity index is 2.16. The molecule has 0 heterocycles. The molecule has 0 aromatic heterocycles. The molecule has 0 aliphatic heterocycles. The first kappa shape index (κ1) is 20.8. The number of methoxy groups -OCH3 is 1. The Labute approximate surface area is 162 Å². The molecule has 0 spiro atoms. The van der Waals surface area contributed by atoms with Crippen molar-refractivity contribution in [2.75, 3.05) is 7.11 Å². The molecule has 1 amide bonds. The highest BCUT2D eigenvalue weighted by atomic mass is 16.5. The Kier molecular flexibility index (Phi) is 7.28. The third kappa shape index (κ3) is 5.25. The molecule has 0 bridgehead atoms. The van der Waals surface area contributed by atoms with Crippen LogP contribution in [0.5, 0.6) is 11.5 Å². The summed E-state index contributed by atoms with van der Waals surface area (Å²) in [6, 6.07) is 13.5. The Hall–Kier alpha value is -2.49. The van der Waals surface area contributed by atoms with Gasteiger partial charge in [0.2, 0.25) is 0 Å². The maximum Gasteiger partial charge on any atom is 0.261 e. The van der Waals surface area contributed by atoms with Crippen molar-refractivity contribution in [1.29, 1.82) is 0 Å². The number of carbonyl (C=O) groups is 1. The first-order valence-corrected chi connectivity index (χ1v) is 9.57. The van der Waals surface area contributed by atoms with E-state index in [1.807, 2.05) is 57.2 Å². The second-order valence-corrected chi connectivity index (χ2v) is 7.16. The predicted molar refractivity (Wildman–Crippen MR) is 110 cm³/mol. The van der Waals surface area contributed by atoms with E-state index in [2.05, 4.69) is 25.2 Å². The highest BCUT2D eigenvalue weighted by molar-refractivity contribution is 5.81. The van der Waals surface area contributed by atoms with E-state index in [-0.39, 0.29) is 11.9 Å². The molecular weight excluding hydrogens is 338 g/mol. The van der Waals surface area contributed by atoms with Crippen molar-refractivity contribution < 1.29 is 14.3 Å². The van der Waals surface area contributed by atoms with Crippen LogP contribution in [0.2, 0.25) is 0 Å². The lowest BCUT2D eigenvalue weighted by molar-refractivity contribution is -0.128. The van der Waals surface area contributed by atoms with Crippen LogP contribution in [-0.4, -0.2) is 19.1 Å². The van der Waals surface area contributed by atoms with Crippen molar-refractivity contribution in [3.05, 3.63) is 59.2 Å². The standard InChI is InChI=1S/C23H31NO3/c1-7-21(27-18-11-9-8-10-12-18)23(25)24-17(5)20-14-19(15(2)3)22(26-6)13-16(20)4/h8-15,17,21H,7H2,1-6H3,(H,24,25)/t17-,21-/m0/s1. The fourth-order valence-corrected chi connectivity index (χ4v) is 3.18. The van der Waals surface area contributed by atoms with Crippen LogP contribution in [0.4, 0.5) is 0 Å². The summed E-state index contributed by atoms with van der Waals surface area (Å²) < 4.78 is 11.4. The van der Waals surface area contributed by atoms with E-state index in [1.54, 1.807) is 7.11 Å². The first-order chi connectivity index (χ1) is 12.9. The fraction of sp³-hybridized carbons (Fsp3) is 0.435. The molecule has 0 unspecified atom stereocenters. The summed E-state index contributed by atoms with van der Waals surface area (Å²) in [4.78, 5) is 12.8. The molecule has 0 saturated heterocycles. The molecule has 27 heavy (non-hydrogen) atoms. The Morgan fingerprint density at radius 1 is 1.07 bits per heavy atom. The van der Waals surface area contributed by atoms with E-state index in [0.29, 0.717) is 18.1 Å². The van der Waals surface area contributed by atoms with Crippen molar-refractivity contribution in [3.8, 4) is 11.5 Å². The van der Waals surface area contributed by atoms with Crippen LogP contribution in [0.25, 0.3) is 0 Å². The van der Waals surface area contributed by atoms with Crippen LogP contribution in [0, 0.1) is 6.92 Å². The molecule has 0 aliphatic rings. The average molecular weight is 370 g/mol. The van der Waals surface area contributed by atoms with Gasteiger partial charge in [-0.3, -0.25) is 4.79 Å². The number of hydrogen-bond donors (Lipinski definition) is 1. The molecule has 0 saturated carbocycles. The van der Waals surface area contributed by atoms with Crippen LogP contribution in [0.3, 0.4) is 0 Å². The predicted octanol–water partition coefficient (Wildman–Crippen LogP) is 5.16. The van der Waals surface area contributed by atoms with Gasteiger partial charge in [0.1, 0.15) is 11.5 Å². The van der Waals surface area contributed by atoms with Crippen LogP contribution in [0.1, 0.15) is 62.8 Å². The number of ether oxygens (including phenoxy) is 2. The summed E-state index contributed by atoms with van der Waals surface area (Å²) in [7, 11) is 1.69. The van der Waals surface area contributed by atoms with Gasteiger partial charge in [-0.1, -0.05) is 39.0 Å².